The molecule has 72 valence electrons. The van der Waals surface area contributed by atoms with Crippen LogP contribution >= 0.6 is 0 Å². The first-order valence-electron chi connectivity index (χ1n) is 4.69. The second-order valence-corrected chi connectivity index (χ2v) is 3.68. The van der Waals surface area contributed by atoms with Crippen LogP contribution in [-0.2, 0) is 6.54 Å². The third-order valence-electron chi connectivity index (χ3n) is 2.77. The van der Waals surface area contributed by atoms with E-state index in [0.29, 0.717) is 6.54 Å². The zero-order valence-electron chi connectivity index (χ0n) is 7.44. The van der Waals surface area contributed by atoms with E-state index in [4.69, 9.17) is 0 Å². The van der Waals surface area contributed by atoms with Gasteiger partial charge in [0, 0.05) is 24.9 Å². The number of imidazole rings is 1. The van der Waals surface area contributed by atoms with Crippen molar-refractivity contribution in [1.29, 1.82) is 0 Å². The van der Waals surface area contributed by atoms with Crippen LogP contribution in [-0.4, -0.2) is 20.8 Å². The fourth-order valence-electron chi connectivity index (χ4n) is 1.98. The lowest BCUT2D eigenvalue weighted by atomic mass is 10.1. The van der Waals surface area contributed by atoms with Crippen molar-refractivity contribution in [2.75, 3.05) is 0 Å². The second kappa shape index (κ2) is 3.38. The maximum absolute atomic E-state index is 11.1. The molecule has 0 aliphatic heterocycles. The minimum Gasteiger partial charge on any atom is -0.393 e. The maximum atomic E-state index is 11.1. The molecule has 1 saturated carbocycles. The summed E-state index contributed by atoms with van der Waals surface area (Å²) in [4.78, 5) is 13.7. The van der Waals surface area contributed by atoms with Crippen molar-refractivity contribution in [2.45, 2.75) is 31.9 Å². The normalized spacial score (nSPS) is 28.1. The molecule has 2 atom stereocenters. The van der Waals surface area contributed by atoms with Crippen LogP contribution in [0.15, 0.2) is 17.2 Å². The van der Waals surface area contributed by atoms with E-state index >= 15 is 0 Å². The van der Waals surface area contributed by atoms with E-state index in [0.717, 1.165) is 19.3 Å². The van der Waals surface area contributed by atoms with Crippen molar-refractivity contribution < 1.29 is 5.11 Å². The molecule has 4 nitrogen and oxygen atoms in total. The molecular weight excluding hydrogens is 168 g/mol. The van der Waals surface area contributed by atoms with Gasteiger partial charge in [0.1, 0.15) is 0 Å². The van der Waals surface area contributed by atoms with E-state index in [2.05, 4.69) is 4.98 Å². The van der Waals surface area contributed by atoms with Crippen LogP contribution in [0, 0.1) is 5.92 Å². The van der Waals surface area contributed by atoms with Crippen molar-refractivity contribution >= 4 is 0 Å². The molecule has 1 fully saturated rings. The van der Waals surface area contributed by atoms with E-state index in [1.165, 1.54) is 0 Å². The quantitative estimate of drug-likeness (QED) is 0.692. The summed E-state index contributed by atoms with van der Waals surface area (Å²) < 4.78 is 1.62. The molecule has 0 saturated heterocycles. The van der Waals surface area contributed by atoms with E-state index < -0.39 is 0 Å². The molecule has 0 radical (unpaired) electrons. The summed E-state index contributed by atoms with van der Waals surface area (Å²) in [5.41, 5.74) is -0.0842. The Balaban J connectivity index is 2.06. The van der Waals surface area contributed by atoms with Gasteiger partial charge in [-0.25, -0.2) is 4.79 Å². The highest BCUT2D eigenvalue weighted by molar-refractivity contribution is 4.82. The van der Waals surface area contributed by atoms with Crippen LogP contribution in [0.25, 0.3) is 0 Å². The number of hydrogen-bond acceptors (Lipinski definition) is 2. The minimum absolute atomic E-state index is 0.0842. The maximum Gasteiger partial charge on any atom is 0.325 e. The molecule has 0 amide bonds. The Labute approximate surface area is 76.2 Å². The molecule has 2 unspecified atom stereocenters. The number of rotatable bonds is 2. The number of aliphatic hydroxyl groups excluding tert-OH is 1. The minimum atomic E-state index is -0.221. The highest BCUT2D eigenvalue weighted by Crippen LogP contribution is 2.26. The number of nitrogens with zero attached hydrogens (tertiary/aromatic N) is 1. The zero-order chi connectivity index (χ0) is 9.26. The molecule has 0 bridgehead atoms. The van der Waals surface area contributed by atoms with Gasteiger partial charge in [-0.2, -0.15) is 0 Å². The lowest BCUT2D eigenvalue weighted by Gasteiger charge is -2.13. The molecule has 13 heavy (non-hydrogen) atoms. The lowest BCUT2D eigenvalue weighted by Crippen LogP contribution is -2.25. The highest BCUT2D eigenvalue weighted by atomic mass is 16.3. The van der Waals surface area contributed by atoms with Crippen LogP contribution in [0.2, 0.25) is 0 Å². The van der Waals surface area contributed by atoms with Gasteiger partial charge in [0.2, 0.25) is 0 Å². The number of aliphatic hydroxyl groups is 1. The largest absolute Gasteiger partial charge is 0.393 e. The van der Waals surface area contributed by atoms with Gasteiger partial charge >= 0.3 is 5.69 Å². The molecule has 1 aliphatic rings. The van der Waals surface area contributed by atoms with Crippen LogP contribution in [0.5, 0.6) is 0 Å². The van der Waals surface area contributed by atoms with Crippen molar-refractivity contribution in [1.82, 2.24) is 9.55 Å². The molecule has 4 heteroatoms. The van der Waals surface area contributed by atoms with Crippen LogP contribution in [0.1, 0.15) is 19.3 Å². The Bertz CT molecular complexity index is 328. The van der Waals surface area contributed by atoms with Crippen molar-refractivity contribution in [3.63, 3.8) is 0 Å². The van der Waals surface area contributed by atoms with E-state index in [1.807, 2.05) is 0 Å². The van der Waals surface area contributed by atoms with Gasteiger partial charge in [0.25, 0.3) is 0 Å². The average Bonchev–Trinajstić information content (AvgIpc) is 2.65. The Morgan fingerprint density at radius 2 is 2.46 bits per heavy atom. The van der Waals surface area contributed by atoms with Crippen molar-refractivity contribution in [3.05, 3.63) is 22.9 Å². The zero-order valence-corrected chi connectivity index (χ0v) is 7.44. The Morgan fingerprint density at radius 1 is 1.62 bits per heavy atom. The van der Waals surface area contributed by atoms with Crippen LogP contribution in [0.3, 0.4) is 0 Å². The summed E-state index contributed by atoms with van der Waals surface area (Å²) in [5.74, 6) is 0.258. The molecule has 0 spiro atoms. The standard InChI is InChI=1S/C9H14N2O2/c12-8-3-1-2-7(8)6-11-5-4-10-9(11)13/h4-5,7-8,12H,1-3,6H2,(H,10,13). The lowest BCUT2D eigenvalue weighted by molar-refractivity contribution is 0.122. The Kier molecular flexibility index (Phi) is 2.22. The predicted octanol–water partition coefficient (Wildman–Crippen LogP) is 0.337. The second-order valence-electron chi connectivity index (χ2n) is 3.68. The average molecular weight is 182 g/mol. The van der Waals surface area contributed by atoms with Gasteiger partial charge in [0.15, 0.2) is 0 Å². The fourth-order valence-corrected chi connectivity index (χ4v) is 1.98. The van der Waals surface area contributed by atoms with E-state index in [9.17, 15) is 9.90 Å². The number of H-pyrrole nitrogens is 1. The summed E-state index contributed by atoms with van der Waals surface area (Å²) in [5, 5.41) is 9.55. The summed E-state index contributed by atoms with van der Waals surface area (Å²) in [6, 6.07) is 0. The molecule has 1 aromatic rings. The Morgan fingerprint density at radius 3 is 3.00 bits per heavy atom. The topological polar surface area (TPSA) is 58.0 Å². The van der Waals surface area contributed by atoms with Crippen LogP contribution < -0.4 is 5.69 Å². The number of aromatic nitrogens is 2. The van der Waals surface area contributed by atoms with Gasteiger partial charge in [-0.3, -0.25) is 4.57 Å². The monoisotopic (exact) mass is 182 g/mol. The van der Waals surface area contributed by atoms with E-state index in [1.54, 1.807) is 17.0 Å². The van der Waals surface area contributed by atoms with Gasteiger partial charge in [-0.15, -0.1) is 0 Å². The first-order chi connectivity index (χ1) is 6.27. The van der Waals surface area contributed by atoms with Gasteiger partial charge in [-0.05, 0) is 12.8 Å². The van der Waals surface area contributed by atoms with Gasteiger partial charge in [-0.1, -0.05) is 6.42 Å². The van der Waals surface area contributed by atoms with Crippen molar-refractivity contribution in [2.24, 2.45) is 5.92 Å². The molecule has 1 aliphatic carbocycles. The summed E-state index contributed by atoms with van der Waals surface area (Å²) >= 11 is 0. The molecule has 2 N–H and O–H groups in total. The first-order valence-corrected chi connectivity index (χ1v) is 4.69. The molecular formula is C9H14N2O2. The molecule has 0 aromatic carbocycles. The number of hydrogen-bond donors (Lipinski definition) is 2. The molecule has 2 rings (SSSR count). The fraction of sp³-hybridized carbons (Fsp3) is 0.667. The van der Waals surface area contributed by atoms with Gasteiger partial charge < -0.3 is 10.1 Å². The number of nitrogens with one attached hydrogen (secondary N) is 1. The predicted molar refractivity (Wildman–Crippen MR) is 48.4 cm³/mol. The summed E-state index contributed by atoms with van der Waals surface area (Å²) in [6.45, 7) is 0.642. The third kappa shape index (κ3) is 1.67. The van der Waals surface area contributed by atoms with Crippen LogP contribution in [0.4, 0.5) is 0 Å². The van der Waals surface area contributed by atoms with E-state index in [-0.39, 0.29) is 17.7 Å². The Hall–Kier alpha value is -1.03. The highest BCUT2D eigenvalue weighted by Gasteiger charge is 2.25. The SMILES string of the molecule is O=c1[nH]ccn1CC1CCCC1O. The molecule has 1 aromatic heterocycles. The summed E-state index contributed by atoms with van der Waals surface area (Å²) in [7, 11) is 0. The van der Waals surface area contributed by atoms with Crippen molar-refractivity contribution in [3.8, 4) is 0 Å². The van der Waals surface area contributed by atoms with Gasteiger partial charge in [0.05, 0.1) is 6.10 Å². The molecule has 1 heterocycles. The smallest absolute Gasteiger partial charge is 0.325 e. The first kappa shape index (κ1) is 8.56. The summed E-state index contributed by atoms with van der Waals surface area (Å²) in [6.07, 6.45) is 6.12. The third-order valence-corrected chi connectivity index (χ3v) is 2.77. The number of aromatic amines is 1.